The van der Waals surface area contributed by atoms with Crippen LogP contribution in [0, 0.1) is 5.92 Å². The molecular weight excluding hydrogens is 190 g/mol. The van der Waals surface area contributed by atoms with Gasteiger partial charge in [0.15, 0.2) is 0 Å². The number of ether oxygens (including phenoxy) is 1. The van der Waals surface area contributed by atoms with Crippen LogP contribution in [0.1, 0.15) is 26.7 Å². The molecule has 3 nitrogen and oxygen atoms in total. The Morgan fingerprint density at radius 2 is 2.47 bits per heavy atom. The Bertz CT molecular complexity index is 228. The molecule has 1 saturated heterocycles. The van der Waals surface area contributed by atoms with Gasteiger partial charge in [0.1, 0.15) is 0 Å². The van der Waals surface area contributed by atoms with Crippen molar-refractivity contribution < 1.29 is 9.53 Å². The summed E-state index contributed by atoms with van der Waals surface area (Å²) in [6, 6.07) is 0.349. The summed E-state index contributed by atoms with van der Waals surface area (Å²) < 4.78 is 5.05. The van der Waals surface area contributed by atoms with Crippen LogP contribution < -0.4 is 0 Å². The Balaban J connectivity index is 2.48. The van der Waals surface area contributed by atoms with Crippen molar-refractivity contribution in [1.29, 1.82) is 0 Å². The lowest BCUT2D eigenvalue weighted by Crippen LogP contribution is -2.43. The minimum atomic E-state index is -0.0431. The van der Waals surface area contributed by atoms with E-state index in [1.165, 1.54) is 0 Å². The van der Waals surface area contributed by atoms with Gasteiger partial charge < -0.3 is 4.74 Å². The molecule has 15 heavy (non-hydrogen) atoms. The van der Waals surface area contributed by atoms with Crippen LogP contribution in [0.25, 0.3) is 0 Å². The fourth-order valence-corrected chi connectivity index (χ4v) is 1.98. The van der Waals surface area contributed by atoms with Gasteiger partial charge in [-0.25, -0.2) is 0 Å². The lowest BCUT2D eigenvalue weighted by atomic mass is 9.97. The van der Waals surface area contributed by atoms with Crippen LogP contribution in [-0.2, 0) is 9.53 Å². The van der Waals surface area contributed by atoms with Gasteiger partial charge in [0, 0.05) is 12.6 Å². The van der Waals surface area contributed by atoms with E-state index in [9.17, 15) is 4.79 Å². The zero-order valence-corrected chi connectivity index (χ0v) is 9.74. The van der Waals surface area contributed by atoms with Crippen LogP contribution in [0.4, 0.5) is 0 Å². The molecule has 0 spiro atoms. The number of carbonyl (C=O) groups excluding carboxylic acids is 1. The molecule has 0 amide bonds. The Morgan fingerprint density at radius 1 is 1.73 bits per heavy atom. The second-order valence-corrected chi connectivity index (χ2v) is 4.06. The smallest absolute Gasteiger partial charge is 0.310 e. The molecule has 1 aliphatic rings. The first-order valence-electron chi connectivity index (χ1n) is 5.72. The number of hydrogen-bond donors (Lipinski definition) is 0. The molecule has 1 heterocycles. The van der Waals surface area contributed by atoms with E-state index in [2.05, 4.69) is 18.4 Å². The second kappa shape index (κ2) is 5.91. The van der Waals surface area contributed by atoms with Crippen molar-refractivity contribution in [1.82, 2.24) is 4.90 Å². The topological polar surface area (TPSA) is 29.5 Å². The normalized spacial score (nSPS) is 24.5. The summed E-state index contributed by atoms with van der Waals surface area (Å²) in [5, 5.41) is 0. The Morgan fingerprint density at radius 3 is 3.07 bits per heavy atom. The molecular formula is C12H21NO2. The highest BCUT2D eigenvalue weighted by molar-refractivity contribution is 5.72. The molecule has 86 valence electrons. The van der Waals surface area contributed by atoms with Crippen molar-refractivity contribution in [3.05, 3.63) is 12.7 Å². The first kappa shape index (κ1) is 12.2. The van der Waals surface area contributed by atoms with Crippen molar-refractivity contribution in [3.8, 4) is 0 Å². The lowest BCUT2D eigenvalue weighted by Gasteiger charge is -2.34. The average molecular weight is 211 g/mol. The first-order chi connectivity index (χ1) is 7.19. The van der Waals surface area contributed by atoms with Gasteiger partial charge in [-0.05, 0) is 33.2 Å². The number of likely N-dealkylation sites (tertiary alicyclic amines) is 1. The maximum atomic E-state index is 11.6. The van der Waals surface area contributed by atoms with Crippen molar-refractivity contribution in [3.63, 3.8) is 0 Å². The summed E-state index contributed by atoms with van der Waals surface area (Å²) in [5.74, 6) is 0.0135. The van der Waals surface area contributed by atoms with E-state index < -0.39 is 0 Å². The van der Waals surface area contributed by atoms with Crippen LogP contribution >= 0.6 is 0 Å². The number of hydrogen-bond acceptors (Lipinski definition) is 3. The summed E-state index contributed by atoms with van der Waals surface area (Å²) in [6.45, 7) is 10.1. The molecule has 2 atom stereocenters. The molecule has 1 aliphatic heterocycles. The van der Waals surface area contributed by atoms with E-state index in [4.69, 9.17) is 4.74 Å². The van der Waals surface area contributed by atoms with Crippen LogP contribution in [0.15, 0.2) is 12.7 Å². The maximum absolute atomic E-state index is 11.6. The highest BCUT2D eigenvalue weighted by Crippen LogP contribution is 2.19. The van der Waals surface area contributed by atoms with Gasteiger partial charge in [0.05, 0.1) is 12.5 Å². The van der Waals surface area contributed by atoms with E-state index in [-0.39, 0.29) is 11.9 Å². The predicted octanol–water partition coefficient (Wildman–Crippen LogP) is 1.84. The Labute approximate surface area is 92.1 Å². The summed E-state index contributed by atoms with van der Waals surface area (Å²) in [6.07, 6.45) is 3.95. The molecule has 0 N–H and O–H groups in total. The number of esters is 1. The van der Waals surface area contributed by atoms with Gasteiger partial charge in [-0.3, -0.25) is 9.69 Å². The van der Waals surface area contributed by atoms with Gasteiger partial charge in [0.2, 0.25) is 0 Å². The van der Waals surface area contributed by atoms with Gasteiger partial charge in [0.25, 0.3) is 0 Å². The predicted molar refractivity (Wildman–Crippen MR) is 60.6 cm³/mol. The number of piperidine rings is 1. The highest BCUT2D eigenvalue weighted by atomic mass is 16.5. The first-order valence-corrected chi connectivity index (χ1v) is 5.72. The van der Waals surface area contributed by atoms with E-state index in [1.807, 2.05) is 13.0 Å². The molecule has 1 unspecified atom stereocenters. The minimum Gasteiger partial charge on any atom is -0.466 e. The number of rotatable bonds is 4. The van der Waals surface area contributed by atoms with Crippen LogP contribution in [-0.4, -0.2) is 36.6 Å². The zero-order valence-electron chi connectivity index (χ0n) is 9.74. The molecule has 1 rings (SSSR count). The van der Waals surface area contributed by atoms with Gasteiger partial charge in [-0.2, -0.15) is 0 Å². The van der Waals surface area contributed by atoms with Crippen molar-refractivity contribution in [2.24, 2.45) is 5.92 Å². The molecule has 0 aromatic heterocycles. The standard InChI is InChI=1S/C12H21NO2/c1-4-10(3)13-8-6-7-11(9-13)12(14)15-5-2/h4,10-11H,1,5-9H2,2-3H3/t10?,11-/m0/s1. The van der Waals surface area contributed by atoms with Crippen molar-refractivity contribution in [2.75, 3.05) is 19.7 Å². The Kier molecular flexibility index (Phi) is 4.82. The third-order valence-corrected chi connectivity index (χ3v) is 2.99. The monoisotopic (exact) mass is 211 g/mol. The quantitative estimate of drug-likeness (QED) is 0.525. The summed E-state index contributed by atoms with van der Waals surface area (Å²) in [5.41, 5.74) is 0. The second-order valence-electron chi connectivity index (χ2n) is 4.06. The SMILES string of the molecule is C=CC(C)N1CCC[C@H](C(=O)OCC)C1. The lowest BCUT2D eigenvalue weighted by molar-refractivity contribution is -0.150. The third kappa shape index (κ3) is 3.34. The molecule has 0 aromatic rings. The van der Waals surface area contributed by atoms with Gasteiger partial charge in [-0.15, -0.1) is 6.58 Å². The molecule has 1 fully saturated rings. The molecule has 0 saturated carbocycles. The van der Waals surface area contributed by atoms with E-state index in [0.29, 0.717) is 12.6 Å². The average Bonchev–Trinajstić information content (AvgIpc) is 2.28. The zero-order chi connectivity index (χ0) is 11.3. The van der Waals surface area contributed by atoms with E-state index >= 15 is 0 Å². The fourth-order valence-electron chi connectivity index (χ4n) is 1.98. The van der Waals surface area contributed by atoms with Gasteiger partial charge >= 0.3 is 5.97 Å². The minimum absolute atomic E-state index is 0.0431. The highest BCUT2D eigenvalue weighted by Gasteiger charge is 2.28. The number of nitrogens with zero attached hydrogens (tertiary/aromatic N) is 1. The van der Waals surface area contributed by atoms with Crippen LogP contribution in [0.2, 0.25) is 0 Å². The van der Waals surface area contributed by atoms with Crippen molar-refractivity contribution in [2.45, 2.75) is 32.7 Å². The fraction of sp³-hybridized carbons (Fsp3) is 0.750. The van der Waals surface area contributed by atoms with Crippen molar-refractivity contribution >= 4 is 5.97 Å². The molecule has 3 heteroatoms. The maximum Gasteiger partial charge on any atom is 0.310 e. The largest absolute Gasteiger partial charge is 0.466 e. The molecule has 0 aliphatic carbocycles. The summed E-state index contributed by atoms with van der Waals surface area (Å²) >= 11 is 0. The van der Waals surface area contributed by atoms with Crippen LogP contribution in [0.5, 0.6) is 0 Å². The molecule has 0 radical (unpaired) electrons. The molecule has 0 aromatic carbocycles. The summed E-state index contributed by atoms with van der Waals surface area (Å²) in [7, 11) is 0. The summed E-state index contributed by atoms with van der Waals surface area (Å²) in [4.78, 5) is 13.9. The number of carbonyl (C=O) groups is 1. The van der Waals surface area contributed by atoms with E-state index in [1.54, 1.807) is 0 Å². The van der Waals surface area contributed by atoms with E-state index in [0.717, 1.165) is 25.9 Å². The Hall–Kier alpha value is -0.830. The van der Waals surface area contributed by atoms with Crippen LogP contribution in [0.3, 0.4) is 0 Å². The molecule has 0 bridgehead atoms. The third-order valence-electron chi connectivity index (χ3n) is 2.99. The van der Waals surface area contributed by atoms with Gasteiger partial charge in [-0.1, -0.05) is 6.08 Å².